The quantitative estimate of drug-likeness (QED) is 0.687. The topological polar surface area (TPSA) is 84.5 Å². The number of carbonyl (C=O) groups is 3. The summed E-state index contributed by atoms with van der Waals surface area (Å²) in [6, 6.07) is 5.28. The van der Waals surface area contributed by atoms with Crippen LogP contribution in [0, 0.1) is 29.0 Å². The normalized spacial score (nSPS) is 29.3. The number of hydrogen-bond acceptors (Lipinski definition) is 4. The minimum atomic E-state index is -0.655. The molecule has 2 N–H and O–H groups in total. The molecule has 4 bridgehead atoms. The fourth-order valence-corrected chi connectivity index (χ4v) is 6.01. The third kappa shape index (κ3) is 4.95. The molecule has 1 aromatic rings. The van der Waals surface area contributed by atoms with Crippen LogP contribution in [0.2, 0.25) is 0 Å². The van der Waals surface area contributed by atoms with Crippen LogP contribution in [0.4, 0.5) is 10.1 Å². The lowest BCUT2D eigenvalue weighted by Gasteiger charge is -2.56. The largest absolute Gasteiger partial charge is 0.454 e. The van der Waals surface area contributed by atoms with Crippen molar-refractivity contribution in [2.45, 2.75) is 44.9 Å². The fraction of sp³-hybridized carbons (Fsp3) is 0.591. The molecule has 0 aromatic heterocycles. The second-order valence-electron chi connectivity index (χ2n) is 9.09. The van der Waals surface area contributed by atoms with E-state index in [2.05, 4.69) is 10.6 Å². The highest BCUT2D eigenvalue weighted by Crippen LogP contribution is 2.61. The number of nitrogens with one attached hydrogen (secondary N) is 2. The van der Waals surface area contributed by atoms with Crippen molar-refractivity contribution < 1.29 is 23.5 Å². The van der Waals surface area contributed by atoms with Gasteiger partial charge in [0.2, 0.25) is 5.91 Å². The van der Waals surface area contributed by atoms with E-state index in [0.717, 1.165) is 37.0 Å². The second-order valence-corrected chi connectivity index (χ2v) is 9.09. The van der Waals surface area contributed by atoms with Crippen LogP contribution in [0.5, 0.6) is 0 Å². The Morgan fingerprint density at radius 2 is 1.55 bits per heavy atom. The molecule has 0 atom stereocenters. The molecule has 0 heterocycles. The fourth-order valence-electron chi connectivity index (χ4n) is 6.01. The molecule has 1 aromatic carbocycles. The first kappa shape index (κ1) is 19.9. The van der Waals surface area contributed by atoms with Crippen molar-refractivity contribution in [2.75, 3.05) is 18.5 Å². The minimum absolute atomic E-state index is 0.111. The number of hydrogen-bond donors (Lipinski definition) is 2. The molecule has 5 rings (SSSR count). The standard InChI is InChI=1S/C22H27FN2O4/c23-17-1-3-18(4-2-17)25-20(27)13-29-21(28)12-24-19(26)11-22-8-14-5-15(9-22)7-16(6-14)10-22/h1-4,14-16H,5-13H2,(H,24,26)(H,25,27). The summed E-state index contributed by atoms with van der Waals surface area (Å²) in [6.07, 6.45) is 7.88. The van der Waals surface area contributed by atoms with Gasteiger partial charge in [-0.15, -0.1) is 0 Å². The highest BCUT2D eigenvalue weighted by molar-refractivity contribution is 5.93. The zero-order chi connectivity index (χ0) is 20.4. The maximum Gasteiger partial charge on any atom is 0.325 e. The summed E-state index contributed by atoms with van der Waals surface area (Å²) in [4.78, 5) is 36.0. The van der Waals surface area contributed by atoms with Crippen LogP contribution < -0.4 is 10.6 Å². The molecule has 0 aliphatic heterocycles. The molecule has 0 saturated heterocycles. The minimum Gasteiger partial charge on any atom is -0.454 e. The van der Waals surface area contributed by atoms with E-state index in [1.165, 1.54) is 43.5 Å². The number of halogens is 1. The molecular formula is C22H27FN2O4. The number of carbonyl (C=O) groups excluding carboxylic acids is 3. The Labute approximate surface area is 169 Å². The summed E-state index contributed by atoms with van der Waals surface area (Å²) in [7, 11) is 0. The van der Waals surface area contributed by atoms with E-state index < -0.39 is 24.3 Å². The molecule has 4 aliphatic rings. The van der Waals surface area contributed by atoms with Crippen molar-refractivity contribution >= 4 is 23.5 Å². The predicted molar refractivity (Wildman–Crippen MR) is 104 cm³/mol. The Kier molecular flexibility index (Phi) is 5.56. The second kappa shape index (κ2) is 8.13. The Bertz CT molecular complexity index is 757. The van der Waals surface area contributed by atoms with E-state index in [1.807, 2.05) is 0 Å². The van der Waals surface area contributed by atoms with E-state index in [4.69, 9.17) is 4.74 Å². The summed E-state index contributed by atoms with van der Waals surface area (Å²) in [6.45, 7) is -0.698. The number of rotatable bonds is 7. The van der Waals surface area contributed by atoms with Crippen molar-refractivity contribution in [3.05, 3.63) is 30.1 Å². The van der Waals surface area contributed by atoms with Crippen LogP contribution in [-0.2, 0) is 19.1 Å². The lowest BCUT2D eigenvalue weighted by Crippen LogP contribution is -2.48. The van der Waals surface area contributed by atoms with Crippen molar-refractivity contribution in [3.8, 4) is 0 Å². The van der Waals surface area contributed by atoms with E-state index in [1.54, 1.807) is 0 Å². The van der Waals surface area contributed by atoms with E-state index >= 15 is 0 Å². The molecule has 2 amide bonds. The van der Waals surface area contributed by atoms with Gasteiger partial charge in [0, 0.05) is 12.1 Å². The number of esters is 1. The monoisotopic (exact) mass is 402 g/mol. The molecule has 4 fully saturated rings. The molecule has 156 valence electrons. The van der Waals surface area contributed by atoms with Crippen molar-refractivity contribution in [1.29, 1.82) is 0 Å². The van der Waals surface area contributed by atoms with Crippen LogP contribution >= 0.6 is 0 Å². The van der Waals surface area contributed by atoms with Crippen LogP contribution in [0.3, 0.4) is 0 Å². The number of ether oxygens (including phenoxy) is 1. The maximum absolute atomic E-state index is 12.8. The lowest BCUT2D eigenvalue weighted by atomic mass is 9.49. The molecule has 7 heteroatoms. The van der Waals surface area contributed by atoms with Crippen molar-refractivity contribution in [1.82, 2.24) is 5.32 Å². The van der Waals surface area contributed by atoms with Gasteiger partial charge in [-0.25, -0.2) is 4.39 Å². The first-order valence-corrected chi connectivity index (χ1v) is 10.4. The molecule has 29 heavy (non-hydrogen) atoms. The highest BCUT2D eigenvalue weighted by atomic mass is 19.1. The van der Waals surface area contributed by atoms with Gasteiger partial charge in [0.1, 0.15) is 12.4 Å². The zero-order valence-corrected chi connectivity index (χ0v) is 16.4. The summed E-state index contributed by atoms with van der Waals surface area (Å²) in [5, 5.41) is 5.15. The van der Waals surface area contributed by atoms with Gasteiger partial charge in [-0.05, 0) is 86.0 Å². The van der Waals surface area contributed by atoms with E-state index in [9.17, 15) is 18.8 Å². The lowest BCUT2D eigenvalue weighted by molar-refractivity contribution is -0.147. The molecule has 0 unspecified atom stereocenters. The van der Waals surface area contributed by atoms with E-state index in [-0.39, 0.29) is 17.9 Å². The SMILES string of the molecule is O=C(CC12CC3CC(CC(C3)C1)C2)NCC(=O)OCC(=O)Nc1ccc(F)cc1. The van der Waals surface area contributed by atoms with Gasteiger partial charge in [0.25, 0.3) is 5.91 Å². The Balaban J connectivity index is 1.16. The van der Waals surface area contributed by atoms with Gasteiger partial charge in [-0.3, -0.25) is 14.4 Å². The van der Waals surface area contributed by atoms with Gasteiger partial charge in [0.05, 0.1) is 0 Å². The number of benzene rings is 1. The molecule has 6 nitrogen and oxygen atoms in total. The van der Waals surface area contributed by atoms with Gasteiger partial charge in [-0.2, -0.15) is 0 Å². The first-order valence-electron chi connectivity index (χ1n) is 10.4. The molecule has 0 spiro atoms. The van der Waals surface area contributed by atoms with Crippen LogP contribution in [0.1, 0.15) is 44.9 Å². The first-order chi connectivity index (χ1) is 13.9. The zero-order valence-electron chi connectivity index (χ0n) is 16.4. The van der Waals surface area contributed by atoms with Crippen LogP contribution in [0.15, 0.2) is 24.3 Å². The van der Waals surface area contributed by atoms with Gasteiger partial charge < -0.3 is 15.4 Å². The third-order valence-electron chi connectivity index (χ3n) is 6.62. The summed E-state index contributed by atoms with van der Waals surface area (Å²) in [5.41, 5.74) is 0.536. The van der Waals surface area contributed by atoms with Crippen molar-refractivity contribution in [3.63, 3.8) is 0 Å². The molecular weight excluding hydrogens is 375 g/mol. The van der Waals surface area contributed by atoms with Crippen LogP contribution in [0.25, 0.3) is 0 Å². The van der Waals surface area contributed by atoms with E-state index in [0.29, 0.717) is 12.1 Å². The average molecular weight is 402 g/mol. The molecule has 4 aliphatic carbocycles. The third-order valence-corrected chi connectivity index (χ3v) is 6.62. The van der Waals surface area contributed by atoms with Gasteiger partial charge >= 0.3 is 5.97 Å². The Hall–Kier alpha value is -2.44. The van der Waals surface area contributed by atoms with Crippen LogP contribution in [-0.4, -0.2) is 30.9 Å². The van der Waals surface area contributed by atoms with Gasteiger partial charge in [-0.1, -0.05) is 0 Å². The predicted octanol–water partition coefficient (Wildman–Crippen LogP) is 3.03. The molecule has 4 saturated carbocycles. The Morgan fingerprint density at radius 1 is 0.966 bits per heavy atom. The van der Waals surface area contributed by atoms with Crippen molar-refractivity contribution in [2.24, 2.45) is 23.2 Å². The summed E-state index contributed by atoms with van der Waals surface area (Å²) in [5.74, 6) is 0.636. The highest BCUT2D eigenvalue weighted by Gasteiger charge is 2.51. The summed E-state index contributed by atoms with van der Waals surface area (Å²) >= 11 is 0. The summed E-state index contributed by atoms with van der Waals surface area (Å²) < 4.78 is 17.8. The molecule has 0 radical (unpaired) electrons. The number of anilines is 1. The smallest absolute Gasteiger partial charge is 0.325 e. The number of amides is 2. The average Bonchev–Trinajstić information content (AvgIpc) is 2.65. The maximum atomic E-state index is 12.8. The Morgan fingerprint density at radius 3 is 2.14 bits per heavy atom. The van der Waals surface area contributed by atoms with Gasteiger partial charge in [0.15, 0.2) is 6.61 Å².